The fourth-order valence-corrected chi connectivity index (χ4v) is 2.11. The molecule has 0 fully saturated rings. The third-order valence-electron chi connectivity index (χ3n) is 3.31. The lowest BCUT2D eigenvalue weighted by Crippen LogP contribution is -2.16. The molecule has 0 radical (unpaired) electrons. The Hall–Kier alpha value is -3.29. The topological polar surface area (TPSA) is 102 Å². The summed E-state index contributed by atoms with van der Waals surface area (Å²) >= 11 is 0. The van der Waals surface area contributed by atoms with E-state index in [0.717, 1.165) is 5.69 Å². The Kier molecular flexibility index (Phi) is 5.52. The van der Waals surface area contributed by atoms with Crippen LogP contribution in [0.2, 0.25) is 0 Å². The fourth-order valence-electron chi connectivity index (χ4n) is 2.11. The molecule has 1 aromatic carbocycles. The van der Waals surface area contributed by atoms with Gasteiger partial charge in [-0.05, 0) is 36.2 Å². The Bertz CT molecular complexity index is 843. The summed E-state index contributed by atoms with van der Waals surface area (Å²) in [6.45, 7) is 4.67. The minimum absolute atomic E-state index is 0.286. The summed E-state index contributed by atoms with van der Waals surface area (Å²) in [5, 5.41) is 9.73. The second-order valence-electron chi connectivity index (χ2n) is 6.04. The Morgan fingerprint density at radius 3 is 2.85 bits per heavy atom. The Morgan fingerprint density at radius 2 is 2.08 bits per heavy atom. The third-order valence-corrected chi connectivity index (χ3v) is 3.31. The van der Waals surface area contributed by atoms with Gasteiger partial charge in [0.2, 0.25) is 11.7 Å². The van der Waals surface area contributed by atoms with Crippen LogP contribution < -0.4 is 10.6 Å². The number of aromatic nitrogens is 2. The van der Waals surface area contributed by atoms with Gasteiger partial charge >= 0.3 is 6.09 Å². The smallest absolute Gasteiger partial charge is 0.411 e. The number of hydrogen-bond donors (Lipinski definition) is 2. The summed E-state index contributed by atoms with van der Waals surface area (Å²) in [6.07, 6.45) is 1.07. The molecule has 0 saturated heterocycles. The monoisotopic (exact) mass is 356 g/mol. The van der Waals surface area contributed by atoms with Gasteiger partial charge in [0.15, 0.2) is 5.76 Å². The number of nitrogens with one attached hydrogen (secondary N) is 2. The quantitative estimate of drug-likeness (QED) is 0.655. The van der Waals surface area contributed by atoms with Crippen LogP contribution >= 0.6 is 0 Å². The SMILES string of the molecule is CC(C)COC(=O)Nc1cccc(NCc2nc(-c3ccco3)no2)c1. The van der Waals surface area contributed by atoms with Crippen molar-refractivity contribution < 1.29 is 18.5 Å². The highest BCUT2D eigenvalue weighted by Gasteiger charge is 2.11. The van der Waals surface area contributed by atoms with E-state index in [1.54, 1.807) is 30.5 Å². The summed E-state index contributed by atoms with van der Waals surface area (Å²) in [4.78, 5) is 16.0. The van der Waals surface area contributed by atoms with Crippen molar-refractivity contribution in [3.63, 3.8) is 0 Å². The normalized spacial score (nSPS) is 10.7. The van der Waals surface area contributed by atoms with E-state index in [4.69, 9.17) is 13.7 Å². The van der Waals surface area contributed by atoms with Gasteiger partial charge in [0.25, 0.3) is 0 Å². The van der Waals surface area contributed by atoms with Gasteiger partial charge in [0, 0.05) is 11.4 Å². The van der Waals surface area contributed by atoms with Gasteiger partial charge in [-0.25, -0.2) is 4.79 Å². The highest BCUT2D eigenvalue weighted by molar-refractivity contribution is 5.85. The van der Waals surface area contributed by atoms with Gasteiger partial charge in [-0.3, -0.25) is 5.32 Å². The second-order valence-corrected chi connectivity index (χ2v) is 6.04. The van der Waals surface area contributed by atoms with Gasteiger partial charge in [-0.2, -0.15) is 4.98 Å². The highest BCUT2D eigenvalue weighted by Crippen LogP contribution is 2.18. The molecule has 0 unspecified atom stereocenters. The maximum absolute atomic E-state index is 11.7. The van der Waals surface area contributed by atoms with Gasteiger partial charge in [-0.1, -0.05) is 25.1 Å². The summed E-state index contributed by atoms with van der Waals surface area (Å²) in [7, 11) is 0. The van der Waals surface area contributed by atoms with E-state index in [1.807, 2.05) is 26.0 Å². The highest BCUT2D eigenvalue weighted by atomic mass is 16.5. The van der Waals surface area contributed by atoms with E-state index in [2.05, 4.69) is 20.8 Å². The number of furan rings is 1. The van der Waals surface area contributed by atoms with Crippen LogP contribution in [-0.4, -0.2) is 22.8 Å². The van der Waals surface area contributed by atoms with Crippen LogP contribution in [0.3, 0.4) is 0 Å². The number of benzene rings is 1. The number of nitrogens with zero attached hydrogens (tertiary/aromatic N) is 2. The molecule has 1 amide bonds. The molecule has 26 heavy (non-hydrogen) atoms. The Morgan fingerprint density at radius 1 is 1.23 bits per heavy atom. The van der Waals surface area contributed by atoms with Crippen LogP contribution in [0.25, 0.3) is 11.6 Å². The number of carbonyl (C=O) groups excluding carboxylic acids is 1. The predicted molar refractivity (Wildman–Crippen MR) is 95.6 cm³/mol. The van der Waals surface area contributed by atoms with Crippen LogP contribution in [-0.2, 0) is 11.3 Å². The molecule has 2 aromatic heterocycles. The maximum Gasteiger partial charge on any atom is 0.411 e. The van der Waals surface area contributed by atoms with Crippen molar-refractivity contribution in [2.45, 2.75) is 20.4 Å². The van der Waals surface area contributed by atoms with Crippen molar-refractivity contribution in [3.05, 3.63) is 48.6 Å². The summed E-state index contributed by atoms with van der Waals surface area (Å²) in [6, 6.07) is 10.8. The number of anilines is 2. The lowest BCUT2D eigenvalue weighted by Gasteiger charge is -2.10. The molecular weight excluding hydrogens is 336 g/mol. The predicted octanol–water partition coefficient (Wildman–Crippen LogP) is 4.15. The van der Waals surface area contributed by atoms with Gasteiger partial charge in [0.1, 0.15) is 0 Å². The average Bonchev–Trinajstić information content (AvgIpc) is 3.30. The van der Waals surface area contributed by atoms with Crippen molar-refractivity contribution in [1.29, 1.82) is 0 Å². The molecule has 136 valence electrons. The molecular formula is C18H20N4O4. The van der Waals surface area contributed by atoms with E-state index < -0.39 is 6.09 Å². The van der Waals surface area contributed by atoms with Crippen molar-refractivity contribution in [1.82, 2.24) is 10.1 Å². The lowest BCUT2D eigenvalue weighted by molar-refractivity contribution is 0.147. The zero-order valence-electron chi connectivity index (χ0n) is 14.6. The molecule has 2 N–H and O–H groups in total. The van der Waals surface area contributed by atoms with E-state index >= 15 is 0 Å². The number of carbonyl (C=O) groups is 1. The molecule has 2 heterocycles. The molecule has 3 rings (SSSR count). The summed E-state index contributed by atoms with van der Waals surface area (Å²) in [5.41, 5.74) is 1.43. The molecule has 0 saturated carbocycles. The first-order chi connectivity index (χ1) is 12.6. The lowest BCUT2D eigenvalue weighted by atomic mass is 10.2. The van der Waals surface area contributed by atoms with Gasteiger partial charge in [0.05, 0.1) is 19.4 Å². The van der Waals surface area contributed by atoms with E-state index in [0.29, 0.717) is 36.3 Å². The molecule has 8 nitrogen and oxygen atoms in total. The maximum atomic E-state index is 11.7. The first-order valence-electron chi connectivity index (χ1n) is 8.24. The van der Waals surface area contributed by atoms with Crippen molar-refractivity contribution in [3.8, 4) is 11.6 Å². The zero-order valence-corrected chi connectivity index (χ0v) is 14.6. The van der Waals surface area contributed by atoms with Crippen LogP contribution in [0.1, 0.15) is 19.7 Å². The average molecular weight is 356 g/mol. The molecule has 0 atom stereocenters. The van der Waals surface area contributed by atoms with Crippen LogP contribution in [0.4, 0.5) is 16.2 Å². The zero-order chi connectivity index (χ0) is 18.4. The largest absolute Gasteiger partial charge is 0.461 e. The molecule has 0 aliphatic heterocycles. The van der Waals surface area contributed by atoms with Crippen molar-refractivity contribution >= 4 is 17.5 Å². The van der Waals surface area contributed by atoms with Crippen molar-refractivity contribution in [2.24, 2.45) is 5.92 Å². The molecule has 8 heteroatoms. The molecule has 0 aliphatic rings. The summed E-state index contributed by atoms with van der Waals surface area (Å²) in [5.74, 6) is 1.65. The van der Waals surface area contributed by atoms with E-state index in [-0.39, 0.29) is 5.92 Å². The van der Waals surface area contributed by atoms with Crippen LogP contribution in [0.5, 0.6) is 0 Å². The number of rotatable bonds is 7. The Labute approximate surface area is 150 Å². The molecule has 3 aromatic rings. The third kappa shape index (κ3) is 4.85. The van der Waals surface area contributed by atoms with E-state index in [9.17, 15) is 4.79 Å². The molecule has 0 bridgehead atoms. The minimum Gasteiger partial charge on any atom is -0.461 e. The van der Waals surface area contributed by atoms with Crippen LogP contribution in [0.15, 0.2) is 51.6 Å². The number of ether oxygens (including phenoxy) is 1. The fraction of sp³-hybridized carbons (Fsp3) is 0.278. The Balaban J connectivity index is 1.55. The number of amides is 1. The standard InChI is InChI=1S/C18H20N4O4/c1-12(2)11-25-18(23)20-14-6-3-5-13(9-14)19-10-16-21-17(22-26-16)15-7-4-8-24-15/h3-9,12,19H,10-11H2,1-2H3,(H,20,23). The molecule has 0 aliphatic carbocycles. The number of hydrogen-bond acceptors (Lipinski definition) is 7. The van der Waals surface area contributed by atoms with Crippen molar-refractivity contribution in [2.75, 3.05) is 17.2 Å². The first kappa shape index (κ1) is 17.5. The van der Waals surface area contributed by atoms with Gasteiger partial charge in [-0.15, -0.1) is 0 Å². The molecule has 0 spiro atoms. The van der Waals surface area contributed by atoms with E-state index in [1.165, 1.54) is 0 Å². The first-order valence-corrected chi connectivity index (χ1v) is 8.24. The van der Waals surface area contributed by atoms with Gasteiger partial charge < -0.3 is 19.0 Å². The minimum atomic E-state index is -0.476. The second kappa shape index (κ2) is 8.19. The summed E-state index contributed by atoms with van der Waals surface area (Å²) < 4.78 is 15.5. The van der Waals surface area contributed by atoms with Crippen LogP contribution in [0, 0.1) is 5.92 Å².